The van der Waals surface area contributed by atoms with Crippen LogP contribution >= 0.6 is 0 Å². The van der Waals surface area contributed by atoms with E-state index in [4.69, 9.17) is 18.9 Å². The highest BCUT2D eigenvalue weighted by atomic mass is 16.7. The van der Waals surface area contributed by atoms with E-state index in [0.717, 1.165) is 77.0 Å². The average Bonchev–Trinajstić information content (AvgIpc) is 3.18. The second-order valence-electron chi connectivity index (χ2n) is 15.1. The largest absolute Gasteiger partial charge is 0.462 e. The van der Waals surface area contributed by atoms with Gasteiger partial charge in [-0.25, -0.2) is 0 Å². The lowest BCUT2D eigenvalue weighted by atomic mass is 9.99. The molecule has 1 aliphatic rings. The molecule has 0 aromatic carbocycles. The minimum atomic E-state index is -1.60. The molecule has 0 saturated carbocycles. The van der Waals surface area contributed by atoms with Gasteiger partial charge in [0.05, 0.1) is 13.2 Å². The number of unbranched alkanes of at least 4 members (excludes halogenated alkanes) is 19. The molecule has 320 valence electrons. The third kappa shape index (κ3) is 28.0. The fraction of sp³-hybridized carbons (Fsp3) is 0.822. The van der Waals surface area contributed by atoms with Crippen molar-refractivity contribution < 1.29 is 49.0 Å². The molecule has 4 N–H and O–H groups in total. The third-order valence-corrected chi connectivity index (χ3v) is 10.00. The highest BCUT2D eigenvalue weighted by Crippen LogP contribution is 2.22. The molecule has 0 aromatic rings. The first-order chi connectivity index (χ1) is 26.8. The molecular weight excluding hydrogens is 700 g/mol. The maximum Gasteiger partial charge on any atom is 0.306 e. The van der Waals surface area contributed by atoms with Gasteiger partial charge in [-0.2, -0.15) is 0 Å². The Hall–Kier alpha value is -2.08. The van der Waals surface area contributed by atoms with Gasteiger partial charge in [0.15, 0.2) is 12.4 Å². The van der Waals surface area contributed by atoms with Crippen molar-refractivity contribution in [1.82, 2.24) is 0 Å². The van der Waals surface area contributed by atoms with Crippen LogP contribution in [0.4, 0.5) is 0 Å². The zero-order valence-electron chi connectivity index (χ0n) is 34.7. The second-order valence-corrected chi connectivity index (χ2v) is 15.1. The number of hydrogen-bond donors (Lipinski definition) is 4. The van der Waals surface area contributed by atoms with Gasteiger partial charge in [0.2, 0.25) is 0 Å². The minimum Gasteiger partial charge on any atom is -0.462 e. The first kappa shape index (κ1) is 50.9. The van der Waals surface area contributed by atoms with E-state index in [1.54, 1.807) is 0 Å². The van der Waals surface area contributed by atoms with Gasteiger partial charge in [-0.3, -0.25) is 9.59 Å². The Balaban J connectivity index is 2.35. The predicted molar refractivity (Wildman–Crippen MR) is 219 cm³/mol. The van der Waals surface area contributed by atoms with E-state index >= 15 is 0 Å². The molecule has 0 aliphatic carbocycles. The molecule has 1 aliphatic heterocycles. The highest BCUT2D eigenvalue weighted by Gasteiger charge is 2.44. The lowest BCUT2D eigenvalue weighted by Crippen LogP contribution is -2.59. The van der Waals surface area contributed by atoms with Crippen LogP contribution in [0.3, 0.4) is 0 Å². The quantitative estimate of drug-likeness (QED) is 0.0275. The Bertz CT molecular complexity index is 996. The lowest BCUT2D eigenvalue weighted by molar-refractivity contribution is -0.305. The Morgan fingerprint density at radius 2 is 1.02 bits per heavy atom. The molecule has 0 amide bonds. The van der Waals surface area contributed by atoms with Crippen molar-refractivity contribution in [2.24, 2.45) is 0 Å². The molecule has 55 heavy (non-hydrogen) atoms. The molecule has 1 fully saturated rings. The minimum absolute atomic E-state index is 0.213. The van der Waals surface area contributed by atoms with Crippen LogP contribution in [0.5, 0.6) is 0 Å². The second kappa shape index (κ2) is 36.3. The zero-order chi connectivity index (χ0) is 40.2. The fourth-order valence-corrected chi connectivity index (χ4v) is 6.45. The predicted octanol–water partition coefficient (Wildman–Crippen LogP) is 9.11. The highest BCUT2D eigenvalue weighted by molar-refractivity contribution is 5.70. The van der Waals surface area contributed by atoms with Crippen molar-refractivity contribution in [3.05, 3.63) is 36.5 Å². The average molecular weight is 781 g/mol. The summed E-state index contributed by atoms with van der Waals surface area (Å²) in [6.07, 6.45) is 32.9. The van der Waals surface area contributed by atoms with Gasteiger partial charge in [0.1, 0.15) is 31.0 Å². The van der Waals surface area contributed by atoms with Gasteiger partial charge < -0.3 is 39.4 Å². The number of ether oxygens (including phenoxy) is 4. The molecule has 2 unspecified atom stereocenters. The molecule has 1 saturated heterocycles. The Morgan fingerprint density at radius 1 is 0.564 bits per heavy atom. The van der Waals surface area contributed by atoms with Crippen molar-refractivity contribution in [2.45, 2.75) is 218 Å². The summed E-state index contributed by atoms with van der Waals surface area (Å²) in [6, 6.07) is 0. The number of aliphatic hydroxyl groups excluding tert-OH is 4. The summed E-state index contributed by atoms with van der Waals surface area (Å²) in [5.74, 6) is -0.827. The normalized spacial score (nSPS) is 20.9. The first-order valence-corrected chi connectivity index (χ1v) is 22.1. The summed E-state index contributed by atoms with van der Waals surface area (Å²) < 4.78 is 22.1. The summed E-state index contributed by atoms with van der Waals surface area (Å²) in [5, 5.41) is 40.0. The van der Waals surface area contributed by atoms with Crippen LogP contribution in [0.2, 0.25) is 0 Å². The molecule has 10 heteroatoms. The number of aliphatic hydroxyl groups is 4. The Kier molecular flexibility index (Phi) is 33.6. The van der Waals surface area contributed by atoms with E-state index in [0.29, 0.717) is 6.42 Å². The molecule has 0 bridgehead atoms. The standard InChI is InChI=1S/C45H80O10/c1-3-5-7-9-11-13-15-17-19-21-23-25-27-29-31-33-40(47)52-36-38(37-53-45-44(51)43(50)42(49)39(35-46)55-45)54-41(48)34-32-30-28-26-24-22-20-18-16-14-12-10-8-6-4-2/h12-15,18,20,38-39,42-46,49-51H,3-11,16-17,19,21-37H2,1-2H3/b14-12+,15-13+,20-18+/t38-,39-,42+,43?,44?,45-/m0/s1. The number of hydrogen-bond acceptors (Lipinski definition) is 10. The molecule has 10 nitrogen and oxygen atoms in total. The molecular formula is C45H80O10. The van der Waals surface area contributed by atoms with Crippen LogP contribution in [-0.2, 0) is 28.5 Å². The van der Waals surface area contributed by atoms with Crippen LogP contribution in [0.15, 0.2) is 36.5 Å². The van der Waals surface area contributed by atoms with Crippen LogP contribution in [0.25, 0.3) is 0 Å². The van der Waals surface area contributed by atoms with Gasteiger partial charge in [0, 0.05) is 12.8 Å². The van der Waals surface area contributed by atoms with Crippen LogP contribution < -0.4 is 0 Å². The maximum absolute atomic E-state index is 12.7. The van der Waals surface area contributed by atoms with Gasteiger partial charge in [-0.1, -0.05) is 134 Å². The smallest absolute Gasteiger partial charge is 0.306 e. The van der Waals surface area contributed by atoms with Crippen molar-refractivity contribution >= 4 is 11.9 Å². The van der Waals surface area contributed by atoms with E-state index < -0.39 is 49.4 Å². The molecule has 0 spiro atoms. The molecule has 0 radical (unpaired) electrons. The molecule has 1 rings (SSSR count). The van der Waals surface area contributed by atoms with E-state index in [2.05, 4.69) is 50.3 Å². The van der Waals surface area contributed by atoms with Crippen molar-refractivity contribution in [3.63, 3.8) is 0 Å². The summed E-state index contributed by atoms with van der Waals surface area (Å²) in [6.45, 7) is 3.36. The summed E-state index contributed by atoms with van der Waals surface area (Å²) in [5.41, 5.74) is 0. The first-order valence-electron chi connectivity index (χ1n) is 22.1. The number of carbonyl (C=O) groups excluding carboxylic acids is 2. The number of allylic oxidation sites excluding steroid dienone is 6. The van der Waals surface area contributed by atoms with Gasteiger partial charge in [-0.05, 0) is 70.6 Å². The third-order valence-electron chi connectivity index (χ3n) is 10.00. The van der Waals surface area contributed by atoms with Crippen molar-refractivity contribution in [3.8, 4) is 0 Å². The molecule has 6 atom stereocenters. The molecule has 0 aromatic heterocycles. The van der Waals surface area contributed by atoms with E-state index in [1.165, 1.54) is 70.6 Å². The summed E-state index contributed by atoms with van der Waals surface area (Å²) in [7, 11) is 0. The zero-order valence-corrected chi connectivity index (χ0v) is 34.7. The fourth-order valence-electron chi connectivity index (χ4n) is 6.45. The van der Waals surface area contributed by atoms with Gasteiger partial charge >= 0.3 is 11.9 Å². The van der Waals surface area contributed by atoms with Gasteiger partial charge in [0.25, 0.3) is 0 Å². The van der Waals surface area contributed by atoms with Crippen LogP contribution in [0, 0.1) is 0 Å². The summed E-state index contributed by atoms with van der Waals surface area (Å²) >= 11 is 0. The summed E-state index contributed by atoms with van der Waals surface area (Å²) in [4.78, 5) is 25.3. The molecule has 1 heterocycles. The van der Waals surface area contributed by atoms with Crippen molar-refractivity contribution in [1.29, 1.82) is 0 Å². The Morgan fingerprint density at radius 3 is 1.56 bits per heavy atom. The SMILES string of the molecule is CCCCC/C=C/C/C=C/CCCCCCCC(=O)O[C@@H](COC(=O)CCCCCCCCC/C=C/CCCCCC)CO[C@H]1O[C@@H](CO)[C@@H](O)C(O)C1O. The van der Waals surface area contributed by atoms with Gasteiger partial charge in [-0.15, -0.1) is 0 Å². The van der Waals surface area contributed by atoms with Crippen molar-refractivity contribution in [2.75, 3.05) is 19.8 Å². The van der Waals surface area contributed by atoms with E-state index in [-0.39, 0.29) is 32.0 Å². The van der Waals surface area contributed by atoms with E-state index in [1.807, 2.05) is 0 Å². The number of carbonyl (C=O) groups is 2. The van der Waals surface area contributed by atoms with Crippen LogP contribution in [-0.4, -0.2) is 89.0 Å². The number of esters is 2. The van der Waals surface area contributed by atoms with Crippen LogP contribution in [0.1, 0.15) is 181 Å². The Labute approximate surface area is 334 Å². The number of rotatable bonds is 36. The monoisotopic (exact) mass is 781 g/mol. The maximum atomic E-state index is 12.7. The lowest BCUT2D eigenvalue weighted by Gasteiger charge is -2.39. The topological polar surface area (TPSA) is 152 Å². The van der Waals surface area contributed by atoms with E-state index in [9.17, 15) is 30.0 Å².